The molecule has 0 saturated heterocycles. The number of benzene rings is 1. The minimum absolute atomic E-state index is 0.00561. The van der Waals surface area contributed by atoms with Crippen LogP contribution in [0, 0.1) is 5.92 Å². The third-order valence-corrected chi connectivity index (χ3v) is 3.61. The van der Waals surface area contributed by atoms with Gasteiger partial charge in [-0.3, -0.25) is 4.79 Å². The fourth-order valence-electron chi connectivity index (χ4n) is 2.24. The molecular weight excluding hydrogens is 268 g/mol. The molecule has 1 amide bonds. The number of hydrogen-bond acceptors (Lipinski definition) is 4. The molecule has 118 valence electrons. The van der Waals surface area contributed by atoms with Gasteiger partial charge in [-0.2, -0.15) is 0 Å². The van der Waals surface area contributed by atoms with E-state index < -0.39 is 0 Å². The Morgan fingerprint density at radius 3 is 2.62 bits per heavy atom. The molecular formula is C16H26N2O3. The average molecular weight is 294 g/mol. The van der Waals surface area contributed by atoms with E-state index in [1.165, 1.54) is 0 Å². The second-order valence-electron chi connectivity index (χ2n) is 5.00. The minimum atomic E-state index is -0.00561. The Bertz CT molecular complexity index is 449. The summed E-state index contributed by atoms with van der Waals surface area (Å²) in [5.41, 5.74) is 6.23. The van der Waals surface area contributed by atoms with Gasteiger partial charge in [-0.1, -0.05) is 13.3 Å². The van der Waals surface area contributed by atoms with Crippen molar-refractivity contribution in [2.24, 2.45) is 11.7 Å². The van der Waals surface area contributed by atoms with Crippen LogP contribution in [0.3, 0.4) is 0 Å². The number of carbonyl (C=O) groups is 1. The minimum Gasteiger partial charge on any atom is -0.497 e. The van der Waals surface area contributed by atoms with Crippen molar-refractivity contribution in [2.75, 3.05) is 26.1 Å². The Kier molecular flexibility index (Phi) is 7.61. The maximum absolute atomic E-state index is 12.0. The van der Waals surface area contributed by atoms with Crippen molar-refractivity contribution in [1.82, 2.24) is 0 Å². The first-order valence-electron chi connectivity index (χ1n) is 7.36. The number of nitrogens with one attached hydrogen (secondary N) is 1. The molecule has 0 fully saturated rings. The van der Waals surface area contributed by atoms with Crippen LogP contribution >= 0.6 is 0 Å². The second-order valence-corrected chi connectivity index (χ2v) is 5.00. The summed E-state index contributed by atoms with van der Waals surface area (Å²) < 4.78 is 10.4. The van der Waals surface area contributed by atoms with Gasteiger partial charge >= 0.3 is 0 Å². The molecule has 0 aliphatic heterocycles. The molecule has 0 spiro atoms. The quantitative estimate of drug-likeness (QED) is 0.734. The highest BCUT2D eigenvalue weighted by Gasteiger charge is 2.11. The van der Waals surface area contributed by atoms with E-state index >= 15 is 0 Å². The van der Waals surface area contributed by atoms with Gasteiger partial charge in [-0.25, -0.2) is 0 Å². The highest BCUT2D eigenvalue weighted by molar-refractivity contribution is 5.92. The van der Waals surface area contributed by atoms with Crippen molar-refractivity contribution in [3.05, 3.63) is 18.2 Å². The number of hydrogen-bond donors (Lipinski definition) is 2. The van der Waals surface area contributed by atoms with E-state index in [9.17, 15) is 4.79 Å². The lowest BCUT2D eigenvalue weighted by atomic mass is 9.96. The molecule has 1 unspecified atom stereocenters. The molecule has 0 bridgehead atoms. The molecule has 1 aromatic carbocycles. The summed E-state index contributed by atoms with van der Waals surface area (Å²) >= 11 is 0. The maximum atomic E-state index is 12.0. The van der Waals surface area contributed by atoms with Crippen LogP contribution in [0.4, 0.5) is 5.69 Å². The number of carbonyl (C=O) groups excluding carboxylic acids is 1. The van der Waals surface area contributed by atoms with Gasteiger partial charge in [-0.05, 0) is 37.4 Å². The van der Waals surface area contributed by atoms with Gasteiger partial charge < -0.3 is 20.5 Å². The maximum Gasteiger partial charge on any atom is 0.224 e. The van der Waals surface area contributed by atoms with Crippen molar-refractivity contribution in [3.8, 4) is 11.5 Å². The summed E-state index contributed by atoms with van der Waals surface area (Å²) in [6, 6.07) is 5.33. The molecule has 0 aromatic heterocycles. The summed E-state index contributed by atoms with van der Waals surface area (Å²) in [5.74, 6) is 1.79. The molecule has 3 N–H and O–H groups in total. The predicted octanol–water partition coefficient (Wildman–Crippen LogP) is 2.80. The molecule has 0 heterocycles. The molecule has 0 saturated carbocycles. The topological polar surface area (TPSA) is 73.6 Å². The van der Waals surface area contributed by atoms with Crippen LogP contribution < -0.4 is 20.5 Å². The number of methoxy groups -OCH3 is 2. The Morgan fingerprint density at radius 2 is 2.05 bits per heavy atom. The van der Waals surface area contributed by atoms with Gasteiger partial charge in [0.15, 0.2) is 0 Å². The van der Waals surface area contributed by atoms with E-state index in [1.807, 2.05) is 0 Å². The van der Waals surface area contributed by atoms with Crippen LogP contribution in [-0.2, 0) is 4.79 Å². The molecule has 1 atom stereocenters. The highest BCUT2D eigenvalue weighted by Crippen LogP contribution is 2.29. The normalized spacial score (nSPS) is 11.8. The smallest absolute Gasteiger partial charge is 0.224 e. The zero-order chi connectivity index (χ0) is 15.7. The number of nitrogens with two attached hydrogens (primary N) is 1. The molecule has 1 aromatic rings. The van der Waals surface area contributed by atoms with Crippen molar-refractivity contribution in [1.29, 1.82) is 0 Å². The molecule has 5 heteroatoms. The SMILES string of the molecule is CCC(CCN)CCC(=O)Nc1ccc(OC)cc1OC. The fourth-order valence-corrected chi connectivity index (χ4v) is 2.24. The van der Waals surface area contributed by atoms with E-state index in [-0.39, 0.29) is 5.91 Å². The lowest BCUT2D eigenvalue weighted by Gasteiger charge is -2.14. The van der Waals surface area contributed by atoms with Crippen molar-refractivity contribution < 1.29 is 14.3 Å². The van der Waals surface area contributed by atoms with Gasteiger partial charge in [0.1, 0.15) is 11.5 Å². The average Bonchev–Trinajstić information content (AvgIpc) is 2.51. The largest absolute Gasteiger partial charge is 0.497 e. The van der Waals surface area contributed by atoms with Crippen LogP contribution in [0.1, 0.15) is 32.6 Å². The van der Waals surface area contributed by atoms with Crippen LogP contribution in [0.2, 0.25) is 0 Å². The Balaban J connectivity index is 2.58. The summed E-state index contributed by atoms with van der Waals surface area (Å²) in [7, 11) is 3.16. The third-order valence-electron chi connectivity index (χ3n) is 3.61. The molecule has 5 nitrogen and oxygen atoms in total. The molecule has 0 aliphatic rings. The van der Waals surface area contributed by atoms with Crippen LogP contribution in [0.25, 0.3) is 0 Å². The van der Waals surface area contributed by atoms with Crippen molar-refractivity contribution in [3.63, 3.8) is 0 Å². The van der Waals surface area contributed by atoms with Gasteiger partial charge in [0.05, 0.1) is 19.9 Å². The lowest BCUT2D eigenvalue weighted by molar-refractivity contribution is -0.116. The molecule has 0 radical (unpaired) electrons. The summed E-state index contributed by atoms with van der Waals surface area (Å²) in [6.07, 6.45) is 3.37. The molecule has 0 aliphatic carbocycles. The van der Waals surface area contributed by atoms with Crippen LogP contribution in [0.15, 0.2) is 18.2 Å². The van der Waals surface area contributed by atoms with E-state index in [0.717, 1.165) is 19.3 Å². The zero-order valence-electron chi connectivity index (χ0n) is 13.1. The molecule has 21 heavy (non-hydrogen) atoms. The lowest BCUT2D eigenvalue weighted by Crippen LogP contribution is -2.15. The Labute approximate surface area is 126 Å². The van der Waals surface area contributed by atoms with E-state index in [2.05, 4.69) is 12.2 Å². The van der Waals surface area contributed by atoms with Gasteiger partial charge in [0.25, 0.3) is 0 Å². The number of amides is 1. The fraction of sp³-hybridized carbons (Fsp3) is 0.562. The Hall–Kier alpha value is -1.75. The number of ether oxygens (including phenoxy) is 2. The van der Waals surface area contributed by atoms with Gasteiger partial charge in [-0.15, -0.1) is 0 Å². The van der Waals surface area contributed by atoms with Crippen LogP contribution in [0.5, 0.6) is 11.5 Å². The van der Waals surface area contributed by atoms with Gasteiger partial charge in [0.2, 0.25) is 5.91 Å². The zero-order valence-corrected chi connectivity index (χ0v) is 13.1. The van der Waals surface area contributed by atoms with Gasteiger partial charge in [0, 0.05) is 12.5 Å². The predicted molar refractivity (Wildman–Crippen MR) is 84.9 cm³/mol. The third kappa shape index (κ3) is 5.63. The summed E-state index contributed by atoms with van der Waals surface area (Å²) in [6.45, 7) is 2.80. The Morgan fingerprint density at radius 1 is 1.29 bits per heavy atom. The standard InChI is InChI=1S/C16H26N2O3/c1-4-12(9-10-17)5-8-16(19)18-14-7-6-13(20-2)11-15(14)21-3/h6-7,11-12H,4-5,8-10,17H2,1-3H3,(H,18,19). The summed E-state index contributed by atoms with van der Waals surface area (Å²) in [4.78, 5) is 12.0. The monoisotopic (exact) mass is 294 g/mol. The van der Waals surface area contributed by atoms with E-state index in [1.54, 1.807) is 32.4 Å². The first-order chi connectivity index (χ1) is 10.1. The first kappa shape index (κ1) is 17.3. The highest BCUT2D eigenvalue weighted by atomic mass is 16.5. The number of anilines is 1. The van der Waals surface area contributed by atoms with Crippen LogP contribution in [-0.4, -0.2) is 26.7 Å². The van der Waals surface area contributed by atoms with Crippen molar-refractivity contribution >= 4 is 11.6 Å². The second kappa shape index (κ2) is 9.23. The van der Waals surface area contributed by atoms with Crippen molar-refractivity contribution in [2.45, 2.75) is 32.6 Å². The van der Waals surface area contributed by atoms with E-state index in [0.29, 0.717) is 36.1 Å². The first-order valence-corrected chi connectivity index (χ1v) is 7.36. The number of rotatable bonds is 9. The van der Waals surface area contributed by atoms with E-state index in [4.69, 9.17) is 15.2 Å². The molecule has 1 rings (SSSR count). The summed E-state index contributed by atoms with van der Waals surface area (Å²) in [5, 5.41) is 2.88.